The second kappa shape index (κ2) is 17.2. The lowest BCUT2D eigenvalue weighted by Gasteiger charge is -2.33. The fourth-order valence-electron chi connectivity index (χ4n) is 2.61. The summed E-state index contributed by atoms with van der Waals surface area (Å²) in [6.45, 7) is 20.7. The molecule has 0 aliphatic heterocycles. The van der Waals surface area contributed by atoms with E-state index in [9.17, 15) is 4.79 Å². The molecule has 148 valence electrons. The summed E-state index contributed by atoms with van der Waals surface area (Å²) >= 11 is 0. The Morgan fingerprint density at radius 1 is 0.875 bits per heavy atom. The summed E-state index contributed by atoms with van der Waals surface area (Å²) in [4.78, 5) is 12.2. The molecule has 4 nitrogen and oxygen atoms in total. The van der Waals surface area contributed by atoms with Crippen LogP contribution in [0.1, 0.15) is 75.2 Å². The lowest BCUT2D eigenvalue weighted by molar-refractivity contribution is -0.124. The fourth-order valence-corrected chi connectivity index (χ4v) is 2.61. The molecule has 0 aliphatic rings. The molecule has 1 amide bonds. The molecule has 0 radical (unpaired) electrons. The van der Waals surface area contributed by atoms with E-state index in [4.69, 9.17) is 0 Å². The minimum absolute atomic E-state index is 0.169. The molecule has 0 bridgehead atoms. The van der Waals surface area contributed by atoms with E-state index in [1.807, 2.05) is 41.8 Å². The third-order valence-corrected chi connectivity index (χ3v) is 4.10. The van der Waals surface area contributed by atoms with Gasteiger partial charge in [0.1, 0.15) is 0 Å². The first-order chi connectivity index (χ1) is 11.2. The highest BCUT2D eigenvalue weighted by Crippen LogP contribution is 2.18. The number of carbonyl (C=O) groups is 1. The molecule has 24 heavy (non-hydrogen) atoms. The smallest absolute Gasteiger partial charge is 0.220 e. The maximum Gasteiger partial charge on any atom is 0.220 e. The Balaban J connectivity index is -0.00000102. The molecule has 0 fully saturated rings. The topological polar surface area (TPSA) is 53.2 Å². The highest BCUT2D eigenvalue weighted by molar-refractivity contribution is 5.76. The van der Waals surface area contributed by atoms with Gasteiger partial charge in [0.2, 0.25) is 5.91 Å². The minimum Gasteiger partial charge on any atom is -0.351 e. The lowest BCUT2D eigenvalue weighted by Crippen LogP contribution is -2.51. The number of rotatable bonds is 10. The van der Waals surface area contributed by atoms with Gasteiger partial charge in [-0.2, -0.15) is 0 Å². The van der Waals surface area contributed by atoms with Crippen LogP contribution in [-0.2, 0) is 4.79 Å². The minimum atomic E-state index is -0.170. The van der Waals surface area contributed by atoms with Gasteiger partial charge in [0.15, 0.2) is 0 Å². The number of hydrogen-bond donors (Lipinski definition) is 3. The summed E-state index contributed by atoms with van der Waals surface area (Å²) in [7, 11) is 3.92. The van der Waals surface area contributed by atoms with Crippen LogP contribution in [0.2, 0.25) is 0 Å². The van der Waals surface area contributed by atoms with Crippen LogP contribution in [0.5, 0.6) is 0 Å². The molecule has 4 heteroatoms. The Morgan fingerprint density at radius 2 is 1.33 bits per heavy atom. The molecule has 0 aromatic rings. The first-order valence-corrected chi connectivity index (χ1v) is 9.83. The van der Waals surface area contributed by atoms with Crippen molar-refractivity contribution in [3.05, 3.63) is 0 Å². The van der Waals surface area contributed by atoms with Gasteiger partial charge in [0.25, 0.3) is 0 Å². The lowest BCUT2D eigenvalue weighted by atomic mass is 9.88. The zero-order chi connectivity index (χ0) is 19.8. The Labute approximate surface area is 152 Å². The third-order valence-electron chi connectivity index (χ3n) is 4.10. The van der Waals surface area contributed by atoms with Crippen molar-refractivity contribution in [3.63, 3.8) is 0 Å². The van der Waals surface area contributed by atoms with E-state index in [-0.39, 0.29) is 11.4 Å². The van der Waals surface area contributed by atoms with Crippen molar-refractivity contribution in [2.75, 3.05) is 27.2 Å². The van der Waals surface area contributed by atoms with Crippen LogP contribution >= 0.6 is 0 Å². The van der Waals surface area contributed by atoms with Crippen molar-refractivity contribution >= 4 is 5.91 Å². The summed E-state index contributed by atoms with van der Waals surface area (Å²) < 4.78 is 0. The fraction of sp³-hybridized carbons (Fsp3) is 0.950. The van der Waals surface area contributed by atoms with E-state index in [0.29, 0.717) is 24.2 Å². The molecule has 0 saturated heterocycles. The first-order valence-electron chi connectivity index (χ1n) is 9.83. The maximum atomic E-state index is 12.2. The zero-order valence-electron chi connectivity index (χ0n) is 18.5. The van der Waals surface area contributed by atoms with E-state index in [0.717, 1.165) is 19.5 Å². The second-order valence-corrected chi connectivity index (χ2v) is 6.94. The van der Waals surface area contributed by atoms with Crippen molar-refractivity contribution < 1.29 is 4.79 Å². The molecule has 0 spiro atoms. The number of nitrogens with one attached hydrogen (secondary N) is 3. The number of hydrogen-bond acceptors (Lipinski definition) is 3. The van der Waals surface area contributed by atoms with Crippen LogP contribution in [0.3, 0.4) is 0 Å². The van der Waals surface area contributed by atoms with Gasteiger partial charge in [-0.25, -0.2) is 0 Å². The van der Waals surface area contributed by atoms with Crippen LogP contribution in [0.25, 0.3) is 0 Å². The van der Waals surface area contributed by atoms with Crippen molar-refractivity contribution in [1.82, 2.24) is 16.0 Å². The van der Waals surface area contributed by atoms with Crippen LogP contribution < -0.4 is 16.0 Å². The van der Waals surface area contributed by atoms with Gasteiger partial charge in [0, 0.05) is 12.0 Å². The van der Waals surface area contributed by atoms with Crippen LogP contribution in [0, 0.1) is 17.8 Å². The molecule has 0 heterocycles. The molecule has 0 saturated carbocycles. The molecule has 3 N–H and O–H groups in total. The highest BCUT2D eigenvalue weighted by Gasteiger charge is 2.27. The molecule has 0 aromatic heterocycles. The van der Waals surface area contributed by atoms with Crippen molar-refractivity contribution in [1.29, 1.82) is 0 Å². The highest BCUT2D eigenvalue weighted by atomic mass is 16.1. The van der Waals surface area contributed by atoms with Gasteiger partial charge in [-0.15, -0.1) is 0 Å². The van der Waals surface area contributed by atoms with Crippen LogP contribution in [0.15, 0.2) is 0 Å². The summed E-state index contributed by atoms with van der Waals surface area (Å²) in [6, 6.07) is 0. The number of carbonyl (C=O) groups excluding carboxylic acids is 1. The molecule has 0 aromatic carbocycles. The predicted molar refractivity (Wildman–Crippen MR) is 109 cm³/mol. The Kier molecular flexibility index (Phi) is 20.2. The molecule has 0 aliphatic carbocycles. The van der Waals surface area contributed by atoms with E-state index in [2.05, 4.69) is 50.6 Å². The molecular weight excluding hydrogens is 298 g/mol. The SMILES string of the molecule is CC.CC.CNCC(C)CC(C)CC(=O)NC(C)(C)C(C)CNC. The van der Waals surface area contributed by atoms with Gasteiger partial charge in [-0.05, 0) is 65.2 Å². The van der Waals surface area contributed by atoms with E-state index < -0.39 is 0 Å². The van der Waals surface area contributed by atoms with Gasteiger partial charge in [-0.3, -0.25) is 4.79 Å². The van der Waals surface area contributed by atoms with Crippen LogP contribution in [0.4, 0.5) is 0 Å². The van der Waals surface area contributed by atoms with Gasteiger partial charge in [0.05, 0.1) is 0 Å². The Morgan fingerprint density at radius 3 is 1.75 bits per heavy atom. The second-order valence-electron chi connectivity index (χ2n) is 6.94. The zero-order valence-corrected chi connectivity index (χ0v) is 18.5. The number of amides is 1. The summed E-state index contributed by atoms with van der Waals surface area (Å²) in [5.74, 6) is 1.60. The summed E-state index contributed by atoms with van der Waals surface area (Å²) in [5, 5.41) is 9.54. The van der Waals surface area contributed by atoms with Gasteiger partial charge < -0.3 is 16.0 Å². The molecule has 0 rings (SSSR count). The molecule has 3 unspecified atom stereocenters. The average Bonchev–Trinajstić information content (AvgIpc) is 2.50. The quantitative estimate of drug-likeness (QED) is 0.559. The Hall–Kier alpha value is -0.610. The van der Waals surface area contributed by atoms with Crippen molar-refractivity contribution in [3.8, 4) is 0 Å². The average molecular weight is 346 g/mol. The molecular formula is C20H47N3O. The summed E-state index contributed by atoms with van der Waals surface area (Å²) in [5.41, 5.74) is -0.170. The normalized spacial score (nSPS) is 14.3. The van der Waals surface area contributed by atoms with E-state index in [1.54, 1.807) is 0 Å². The largest absolute Gasteiger partial charge is 0.351 e. The first kappa shape index (κ1) is 28.2. The Bertz CT molecular complexity index is 280. The van der Waals surface area contributed by atoms with Gasteiger partial charge in [-0.1, -0.05) is 48.5 Å². The van der Waals surface area contributed by atoms with Gasteiger partial charge >= 0.3 is 0 Å². The molecule has 3 atom stereocenters. The van der Waals surface area contributed by atoms with Crippen LogP contribution in [-0.4, -0.2) is 38.6 Å². The monoisotopic (exact) mass is 345 g/mol. The third kappa shape index (κ3) is 14.9. The van der Waals surface area contributed by atoms with E-state index >= 15 is 0 Å². The van der Waals surface area contributed by atoms with Crippen molar-refractivity contribution in [2.24, 2.45) is 17.8 Å². The standard InChI is InChI=1S/C16H35N3O.2C2H6/c1-12(8-13(2)10-17-6)9-15(20)19-16(4,5)14(3)11-18-7;2*1-2/h12-14,17-18H,8-11H2,1-7H3,(H,19,20);2*1-2H3. The van der Waals surface area contributed by atoms with Crippen molar-refractivity contribution in [2.45, 2.75) is 80.7 Å². The van der Waals surface area contributed by atoms with E-state index in [1.165, 1.54) is 0 Å². The predicted octanol–water partition coefficient (Wildman–Crippen LogP) is 4.06. The maximum absolute atomic E-state index is 12.2. The summed E-state index contributed by atoms with van der Waals surface area (Å²) in [6.07, 6.45) is 1.70.